The van der Waals surface area contributed by atoms with Gasteiger partial charge in [-0.2, -0.15) is 0 Å². The summed E-state index contributed by atoms with van der Waals surface area (Å²) >= 11 is 1.64. The van der Waals surface area contributed by atoms with E-state index >= 15 is 0 Å². The van der Waals surface area contributed by atoms with Gasteiger partial charge in [0, 0.05) is 17.7 Å². The van der Waals surface area contributed by atoms with Gasteiger partial charge in [0.2, 0.25) is 5.91 Å². The zero-order valence-electron chi connectivity index (χ0n) is 15.9. The van der Waals surface area contributed by atoms with Gasteiger partial charge in [-0.05, 0) is 69.6 Å². The quantitative estimate of drug-likeness (QED) is 0.742. The van der Waals surface area contributed by atoms with Crippen molar-refractivity contribution in [2.45, 2.75) is 74.7 Å². The highest BCUT2D eigenvalue weighted by molar-refractivity contribution is 8.01. The van der Waals surface area contributed by atoms with E-state index in [9.17, 15) is 14.4 Å². The van der Waals surface area contributed by atoms with Gasteiger partial charge in [-0.15, -0.1) is 11.8 Å². The minimum Gasteiger partial charge on any atom is -0.454 e. The number of carbonyl (C=O) groups excluding carboxylic acids is 3. The Morgan fingerprint density at radius 3 is 2.44 bits per heavy atom. The Balaban J connectivity index is 1.17. The molecule has 6 fully saturated rings. The SMILES string of the molecule is C[C@@]12CCC(=O)N1[C@H](C(=O)OCC(=O)NC13CC4CC(CC(C4)C1)C3)CS2. The number of fused-ring (bicyclic) bond motifs is 1. The normalized spacial score (nSPS) is 44.5. The highest BCUT2D eigenvalue weighted by Gasteiger charge is 2.54. The molecule has 6 rings (SSSR count). The molecule has 4 bridgehead atoms. The van der Waals surface area contributed by atoms with Crippen molar-refractivity contribution >= 4 is 29.5 Å². The molecule has 2 amide bonds. The Morgan fingerprint density at radius 2 is 1.81 bits per heavy atom. The molecule has 0 radical (unpaired) electrons. The van der Waals surface area contributed by atoms with Crippen LogP contribution in [0.2, 0.25) is 0 Å². The largest absolute Gasteiger partial charge is 0.454 e. The van der Waals surface area contributed by atoms with Gasteiger partial charge in [0.1, 0.15) is 6.04 Å². The molecule has 0 aromatic carbocycles. The van der Waals surface area contributed by atoms with Crippen molar-refractivity contribution in [1.29, 1.82) is 0 Å². The van der Waals surface area contributed by atoms with Gasteiger partial charge in [0.05, 0.1) is 4.87 Å². The maximum Gasteiger partial charge on any atom is 0.330 e. The highest BCUT2D eigenvalue weighted by Crippen LogP contribution is 2.55. The topological polar surface area (TPSA) is 75.7 Å². The number of amides is 2. The number of thioether (sulfide) groups is 1. The summed E-state index contributed by atoms with van der Waals surface area (Å²) in [6, 6.07) is -0.553. The number of carbonyl (C=O) groups is 3. The van der Waals surface area contributed by atoms with E-state index in [2.05, 4.69) is 5.32 Å². The van der Waals surface area contributed by atoms with Gasteiger partial charge in [0.15, 0.2) is 6.61 Å². The lowest BCUT2D eigenvalue weighted by molar-refractivity contribution is -0.157. The van der Waals surface area contributed by atoms with Crippen molar-refractivity contribution in [1.82, 2.24) is 10.2 Å². The summed E-state index contributed by atoms with van der Waals surface area (Å²) in [6.07, 6.45) is 8.48. The van der Waals surface area contributed by atoms with Crippen LogP contribution in [0.15, 0.2) is 0 Å². The second kappa shape index (κ2) is 6.13. The van der Waals surface area contributed by atoms with Crippen LogP contribution in [0.1, 0.15) is 58.3 Å². The average molecular weight is 393 g/mol. The molecule has 2 saturated heterocycles. The van der Waals surface area contributed by atoms with Crippen LogP contribution in [-0.4, -0.2) is 51.5 Å². The van der Waals surface area contributed by atoms with Gasteiger partial charge in [-0.25, -0.2) is 4.79 Å². The van der Waals surface area contributed by atoms with E-state index in [1.807, 2.05) is 6.92 Å². The van der Waals surface area contributed by atoms with E-state index in [4.69, 9.17) is 4.74 Å². The van der Waals surface area contributed by atoms with Gasteiger partial charge >= 0.3 is 5.97 Å². The Bertz CT molecular complexity index is 660. The molecule has 0 aromatic heterocycles. The number of esters is 1. The van der Waals surface area contributed by atoms with Crippen LogP contribution in [0.25, 0.3) is 0 Å². The van der Waals surface area contributed by atoms with Gasteiger partial charge < -0.3 is 15.0 Å². The summed E-state index contributed by atoms with van der Waals surface area (Å²) in [6.45, 7) is 1.77. The van der Waals surface area contributed by atoms with Crippen LogP contribution >= 0.6 is 11.8 Å². The van der Waals surface area contributed by atoms with Crippen molar-refractivity contribution in [2.24, 2.45) is 17.8 Å². The maximum absolute atomic E-state index is 12.5. The third-order valence-electron chi connectivity index (χ3n) is 7.51. The summed E-state index contributed by atoms with van der Waals surface area (Å²) in [7, 11) is 0. The third kappa shape index (κ3) is 2.97. The van der Waals surface area contributed by atoms with E-state index in [1.54, 1.807) is 16.7 Å². The molecule has 4 saturated carbocycles. The first-order valence-electron chi connectivity index (χ1n) is 10.3. The van der Waals surface area contributed by atoms with E-state index in [1.165, 1.54) is 19.3 Å². The summed E-state index contributed by atoms with van der Waals surface area (Å²) in [5, 5.41) is 3.23. The van der Waals surface area contributed by atoms with E-state index < -0.39 is 12.0 Å². The summed E-state index contributed by atoms with van der Waals surface area (Å²) < 4.78 is 5.35. The second-order valence-corrected chi connectivity index (χ2v) is 11.1. The number of hydrogen-bond donors (Lipinski definition) is 1. The van der Waals surface area contributed by atoms with Crippen LogP contribution in [0.4, 0.5) is 0 Å². The molecule has 7 heteroatoms. The molecular weight excluding hydrogens is 364 g/mol. The Morgan fingerprint density at radius 1 is 1.19 bits per heavy atom. The molecular formula is C20H28N2O4S. The van der Waals surface area contributed by atoms with Crippen LogP contribution in [0.3, 0.4) is 0 Å². The van der Waals surface area contributed by atoms with Gasteiger partial charge in [-0.1, -0.05) is 0 Å². The van der Waals surface area contributed by atoms with E-state index in [0.29, 0.717) is 12.2 Å². The predicted molar refractivity (Wildman–Crippen MR) is 101 cm³/mol. The molecule has 1 N–H and O–H groups in total. The number of rotatable bonds is 4. The fourth-order valence-corrected chi connectivity index (χ4v) is 8.24. The average Bonchev–Trinajstić information content (AvgIpc) is 3.07. The van der Waals surface area contributed by atoms with Crippen LogP contribution in [0.5, 0.6) is 0 Å². The molecule has 0 unspecified atom stereocenters. The van der Waals surface area contributed by atoms with E-state index in [-0.39, 0.29) is 28.8 Å². The van der Waals surface area contributed by atoms with Gasteiger partial charge in [-0.3, -0.25) is 9.59 Å². The van der Waals surface area contributed by atoms with Crippen LogP contribution in [0, 0.1) is 17.8 Å². The first kappa shape index (κ1) is 17.8. The molecule has 6 aliphatic rings. The molecule has 6 nitrogen and oxygen atoms in total. The van der Waals surface area contributed by atoms with Crippen LogP contribution < -0.4 is 5.32 Å². The second-order valence-electron chi connectivity index (χ2n) is 9.62. The summed E-state index contributed by atoms with van der Waals surface area (Å²) in [5.74, 6) is 2.21. The monoisotopic (exact) mass is 392 g/mol. The lowest BCUT2D eigenvalue weighted by Gasteiger charge is -2.56. The lowest BCUT2D eigenvalue weighted by atomic mass is 9.53. The molecule has 148 valence electrons. The standard InChI is InChI=1S/C20H28N2O4S/c1-19-3-2-17(24)22(19)15(11-27-19)18(25)26-10-16(23)21-20-7-12-4-13(8-20)6-14(5-12)9-20/h12-15H,2-11H2,1H3,(H,21,23)/t12?,13?,14?,15-,19+,20?/m0/s1. The lowest BCUT2D eigenvalue weighted by Crippen LogP contribution is -2.60. The Kier molecular flexibility index (Phi) is 4.05. The Labute approximate surface area is 164 Å². The molecule has 27 heavy (non-hydrogen) atoms. The summed E-state index contributed by atoms with van der Waals surface area (Å²) in [4.78, 5) is 38.6. The van der Waals surface area contributed by atoms with Crippen molar-refractivity contribution < 1.29 is 19.1 Å². The number of hydrogen-bond acceptors (Lipinski definition) is 5. The van der Waals surface area contributed by atoms with E-state index in [0.717, 1.165) is 43.4 Å². The minimum atomic E-state index is -0.553. The molecule has 2 atom stereocenters. The highest BCUT2D eigenvalue weighted by atomic mass is 32.2. The van der Waals surface area contributed by atoms with Crippen molar-refractivity contribution in [3.63, 3.8) is 0 Å². The zero-order chi connectivity index (χ0) is 18.8. The third-order valence-corrected chi connectivity index (χ3v) is 9.01. The summed E-state index contributed by atoms with van der Waals surface area (Å²) in [5.41, 5.74) is -0.0645. The Hall–Kier alpha value is -1.24. The molecule has 0 spiro atoms. The molecule has 2 aliphatic heterocycles. The molecule has 4 aliphatic carbocycles. The number of nitrogens with zero attached hydrogens (tertiary/aromatic N) is 1. The smallest absolute Gasteiger partial charge is 0.330 e. The maximum atomic E-state index is 12.5. The fraction of sp³-hybridized carbons (Fsp3) is 0.850. The number of ether oxygens (including phenoxy) is 1. The van der Waals surface area contributed by atoms with Crippen molar-refractivity contribution in [3.05, 3.63) is 0 Å². The van der Waals surface area contributed by atoms with Crippen molar-refractivity contribution in [3.8, 4) is 0 Å². The predicted octanol–water partition coefficient (Wildman–Crippen LogP) is 2.07. The van der Waals surface area contributed by atoms with Crippen LogP contribution in [-0.2, 0) is 19.1 Å². The first-order valence-corrected chi connectivity index (χ1v) is 11.3. The zero-order valence-corrected chi connectivity index (χ0v) is 16.7. The fourth-order valence-electron chi connectivity index (χ4n) is 6.82. The molecule has 0 aromatic rings. The van der Waals surface area contributed by atoms with Gasteiger partial charge in [0.25, 0.3) is 5.91 Å². The first-order chi connectivity index (χ1) is 12.9. The number of nitrogens with one attached hydrogen (secondary N) is 1. The molecule has 2 heterocycles. The minimum absolute atomic E-state index is 0.0162. The van der Waals surface area contributed by atoms with Crippen molar-refractivity contribution in [2.75, 3.05) is 12.4 Å².